The summed E-state index contributed by atoms with van der Waals surface area (Å²) in [7, 11) is 0. The van der Waals surface area contributed by atoms with Crippen LogP contribution in [0.2, 0.25) is 0 Å². The van der Waals surface area contributed by atoms with Gasteiger partial charge < -0.3 is 0 Å². The van der Waals surface area contributed by atoms with E-state index in [4.69, 9.17) is 9.97 Å². The Morgan fingerprint density at radius 2 is 1.00 bits per heavy atom. The van der Waals surface area contributed by atoms with E-state index in [0.717, 1.165) is 43.7 Å². The fourth-order valence-electron chi connectivity index (χ4n) is 17.9. The molecule has 70 heavy (non-hydrogen) atoms. The Hall–Kier alpha value is -6.94. The molecule has 0 radical (unpaired) electrons. The smallest absolute Gasteiger partial charge is 0.0889 e. The van der Waals surface area contributed by atoms with Crippen LogP contribution in [0.25, 0.3) is 130 Å². The summed E-state index contributed by atoms with van der Waals surface area (Å²) in [4.78, 5) is 13.0. The normalized spacial score (nSPS) is 20.9. The number of aryl methyl sites for hydroxylation is 1. The van der Waals surface area contributed by atoms with Gasteiger partial charge in [-0.1, -0.05) is 90.1 Å². The van der Waals surface area contributed by atoms with Gasteiger partial charge in [0.1, 0.15) is 0 Å². The van der Waals surface area contributed by atoms with Crippen LogP contribution in [0.5, 0.6) is 0 Å². The number of hydrogen-bond donors (Lipinski definition) is 0. The quantitative estimate of drug-likeness (QED) is 0.165. The maximum atomic E-state index is 5.09. The van der Waals surface area contributed by atoms with Gasteiger partial charge in [-0.25, -0.2) is 0 Å². The first-order valence-electron chi connectivity index (χ1n) is 26.1. The van der Waals surface area contributed by atoms with E-state index < -0.39 is 0 Å². The highest BCUT2D eigenvalue weighted by molar-refractivity contribution is 6.65. The molecule has 0 saturated carbocycles. The van der Waals surface area contributed by atoms with E-state index >= 15 is 0 Å². The van der Waals surface area contributed by atoms with Crippen molar-refractivity contribution >= 4 is 118 Å². The van der Waals surface area contributed by atoms with Crippen molar-refractivity contribution in [3.05, 3.63) is 152 Å². The summed E-state index contributed by atoms with van der Waals surface area (Å²) >= 11 is 0. The van der Waals surface area contributed by atoms with Gasteiger partial charge in [0.2, 0.25) is 0 Å². The third kappa shape index (κ3) is 3.49. The molecule has 3 atom stereocenters. The lowest BCUT2D eigenvalue weighted by Crippen LogP contribution is -2.36. The minimum absolute atomic E-state index is 0.0307. The first-order chi connectivity index (χ1) is 33.8. The first-order valence-corrected chi connectivity index (χ1v) is 26.1. The number of nitrogens with zero attached hydrogens (tertiary/aromatic N) is 3. The lowest BCUT2D eigenvalue weighted by atomic mass is 9.62. The molecule has 3 unspecified atom stereocenters. The Labute approximate surface area is 403 Å². The highest BCUT2D eigenvalue weighted by atomic mass is 15.2. The highest BCUT2D eigenvalue weighted by Gasteiger charge is 2.61. The highest BCUT2D eigenvalue weighted by Crippen LogP contribution is 2.73. The molecule has 20 rings (SSSR count). The summed E-state index contributed by atoms with van der Waals surface area (Å²) in [6, 6.07) is 30.3. The molecule has 4 aliphatic carbocycles. The zero-order valence-corrected chi connectivity index (χ0v) is 40.6. The molecular formula is C67H47N3. The summed E-state index contributed by atoms with van der Waals surface area (Å²) in [6.45, 7) is 18.4. The molecule has 2 aromatic heterocycles. The molecule has 3 nitrogen and oxygen atoms in total. The first kappa shape index (κ1) is 36.1. The summed E-state index contributed by atoms with van der Waals surface area (Å²) in [6.07, 6.45) is 7.17. The summed E-state index contributed by atoms with van der Waals surface area (Å²) in [5.74, 6) is 0.240. The zero-order chi connectivity index (χ0) is 45.9. The number of fused-ring (bicyclic) bond motifs is 1. The van der Waals surface area contributed by atoms with Crippen molar-refractivity contribution in [1.29, 1.82) is 0 Å². The Kier molecular flexibility index (Phi) is 5.37. The molecule has 3 heterocycles. The lowest BCUT2D eigenvalue weighted by Gasteiger charge is -2.39. The van der Waals surface area contributed by atoms with Crippen molar-refractivity contribution in [2.45, 2.75) is 102 Å². The van der Waals surface area contributed by atoms with Gasteiger partial charge in [-0.2, -0.15) is 0 Å². The lowest BCUT2D eigenvalue weighted by molar-refractivity contribution is 0.236. The van der Waals surface area contributed by atoms with E-state index in [0.29, 0.717) is 0 Å². The summed E-state index contributed by atoms with van der Waals surface area (Å²) in [5, 5.41) is 34.9. The van der Waals surface area contributed by atoms with Gasteiger partial charge in [-0.05, 0) is 247 Å². The molecule has 3 heteroatoms. The van der Waals surface area contributed by atoms with Gasteiger partial charge in [0.05, 0.1) is 11.4 Å². The van der Waals surface area contributed by atoms with Gasteiger partial charge in [0.15, 0.2) is 0 Å². The molecule has 330 valence electrons. The third-order valence-corrected chi connectivity index (χ3v) is 20.2. The van der Waals surface area contributed by atoms with Crippen LogP contribution in [0.15, 0.2) is 85.2 Å². The average molecular weight is 894 g/mol. The topological polar surface area (TPSA) is 29.0 Å². The van der Waals surface area contributed by atoms with Crippen LogP contribution in [0, 0.1) is 6.92 Å². The Morgan fingerprint density at radius 1 is 0.500 bits per heavy atom. The van der Waals surface area contributed by atoms with Crippen LogP contribution in [-0.2, 0) is 42.1 Å². The monoisotopic (exact) mass is 893 g/mol. The molecule has 5 aliphatic rings. The molecule has 1 aliphatic heterocycles. The van der Waals surface area contributed by atoms with Crippen LogP contribution in [-0.4, -0.2) is 21.4 Å². The van der Waals surface area contributed by atoms with E-state index in [2.05, 4.69) is 132 Å². The van der Waals surface area contributed by atoms with Crippen molar-refractivity contribution in [2.24, 2.45) is 0 Å². The molecule has 0 N–H and O–H groups in total. The molecular weight excluding hydrogens is 847 g/mol. The Morgan fingerprint density at radius 3 is 1.59 bits per heavy atom. The van der Waals surface area contributed by atoms with E-state index in [-0.39, 0.29) is 28.2 Å². The van der Waals surface area contributed by atoms with Gasteiger partial charge in [-0.3, -0.25) is 14.9 Å². The molecule has 15 aromatic rings. The standard InChI is InChI=1S/C67H47N3/c1-27-8-10-68-40(12-27)41-22-29(9-11-69-41)64-62-39-21-35-19-32-17-33-16-30-15-31-18-34-20-36-24-67(62,26-70(64)25-28-13-37(65(2,3)4)23-38(14-28)66(5,6)7)63-48(36)53-47(34)52-43(31)42(30)50-46(33)51-44(32)45(35)54-49(39)61(63)60-58(53)56(52)55(50)57(51)59(54)60/h8-14,16-18,20-23,62,64H,15,19,24-26H2,1-7H3. The van der Waals surface area contributed by atoms with Crippen LogP contribution >= 0.6 is 0 Å². The van der Waals surface area contributed by atoms with E-state index in [1.165, 1.54) is 38.6 Å². The molecule has 0 amide bonds. The van der Waals surface area contributed by atoms with E-state index in [1.54, 1.807) is 147 Å². The second kappa shape index (κ2) is 10.4. The predicted molar refractivity (Wildman–Crippen MR) is 291 cm³/mol. The maximum Gasteiger partial charge on any atom is 0.0889 e. The van der Waals surface area contributed by atoms with Crippen LogP contribution in [0.4, 0.5) is 0 Å². The van der Waals surface area contributed by atoms with Gasteiger partial charge in [0.25, 0.3) is 0 Å². The number of benzene rings is 10. The number of hydrogen-bond acceptors (Lipinski definition) is 3. The fraction of sp³-hybridized carbons (Fsp3) is 0.254. The fourth-order valence-corrected chi connectivity index (χ4v) is 17.9. The van der Waals surface area contributed by atoms with Crippen molar-refractivity contribution in [3.8, 4) is 11.4 Å². The second-order valence-electron chi connectivity index (χ2n) is 25.7. The predicted octanol–water partition coefficient (Wildman–Crippen LogP) is 16.2. The SMILES string of the molecule is Cc1ccnc(-c2cc(C3C4c5cc6c7c8c(cc9cc%10c%11c%12c(cc%13cc%14c%15c(c%16c5c7c5c%16c7c%15c%13c%12c7c7c%11c9c8c57)C4(C%14)CN3Cc3cc(C(C)(C)C)cc(C(C)(C)C)c3)C%10)C6)ccn2)c1. The third-order valence-electron chi connectivity index (χ3n) is 20.2. The zero-order valence-electron chi connectivity index (χ0n) is 40.6. The van der Waals surface area contributed by atoms with Gasteiger partial charge >= 0.3 is 0 Å². The van der Waals surface area contributed by atoms with Gasteiger partial charge in [-0.15, -0.1) is 0 Å². The molecule has 1 spiro atoms. The molecule has 13 aromatic carbocycles. The number of rotatable bonds is 4. The maximum absolute atomic E-state index is 5.09. The molecule has 0 bridgehead atoms. The van der Waals surface area contributed by atoms with Crippen LogP contribution in [0.3, 0.4) is 0 Å². The molecule has 1 fully saturated rings. The second-order valence-corrected chi connectivity index (χ2v) is 25.7. The van der Waals surface area contributed by atoms with Gasteiger partial charge in [0, 0.05) is 42.9 Å². The number of likely N-dealkylation sites (tertiary alicyclic amines) is 1. The Balaban J connectivity index is 0.964. The average Bonchev–Trinajstić information content (AvgIpc) is 4.22. The van der Waals surface area contributed by atoms with Crippen molar-refractivity contribution in [3.63, 3.8) is 0 Å². The number of aromatic nitrogens is 2. The summed E-state index contributed by atoms with van der Waals surface area (Å²) in [5.41, 5.74) is 19.9. The van der Waals surface area contributed by atoms with Crippen LogP contribution in [0.1, 0.15) is 120 Å². The van der Waals surface area contributed by atoms with E-state index in [1.807, 2.05) is 6.20 Å². The van der Waals surface area contributed by atoms with Crippen molar-refractivity contribution in [2.75, 3.05) is 6.54 Å². The Bertz CT molecular complexity index is 4920. The van der Waals surface area contributed by atoms with E-state index in [9.17, 15) is 0 Å². The minimum Gasteiger partial charge on any atom is -0.291 e. The minimum atomic E-state index is -0.117. The molecule has 1 saturated heterocycles. The largest absolute Gasteiger partial charge is 0.291 e. The summed E-state index contributed by atoms with van der Waals surface area (Å²) < 4.78 is 0. The van der Waals surface area contributed by atoms with Crippen LogP contribution < -0.4 is 0 Å². The number of pyridine rings is 2. The van der Waals surface area contributed by atoms with Crippen molar-refractivity contribution < 1.29 is 0 Å². The van der Waals surface area contributed by atoms with Crippen molar-refractivity contribution in [1.82, 2.24) is 14.9 Å².